The van der Waals surface area contributed by atoms with Gasteiger partial charge in [-0.1, -0.05) is 11.6 Å². The minimum absolute atomic E-state index is 0.126. The van der Waals surface area contributed by atoms with Gasteiger partial charge in [0.2, 0.25) is 10.0 Å². The highest BCUT2D eigenvalue weighted by atomic mass is 35.5. The molecule has 0 unspecified atom stereocenters. The number of amides is 1. The molecular formula is C17H15ClF3N3O4S. The largest absolute Gasteiger partial charge is 0.476 e. The molecule has 2 heterocycles. The molecule has 156 valence electrons. The van der Waals surface area contributed by atoms with Gasteiger partial charge in [-0.05, 0) is 32.0 Å². The van der Waals surface area contributed by atoms with E-state index in [0.29, 0.717) is 12.3 Å². The van der Waals surface area contributed by atoms with E-state index in [2.05, 4.69) is 9.71 Å². The van der Waals surface area contributed by atoms with Gasteiger partial charge in [0.25, 0.3) is 5.91 Å². The van der Waals surface area contributed by atoms with Crippen LogP contribution in [0.5, 0.6) is 5.75 Å². The summed E-state index contributed by atoms with van der Waals surface area (Å²) in [4.78, 5) is 17.7. The molecule has 3 rings (SSSR count). The molecule has 1 N–H and O–H groups in total. The Labute approximate surface area is 169 Å². The van der Waals surface area contributed by atoms with Crippen LogP contribution in [0.2, 0.25) is 5.02 Å². The van der Waals surface area contributed by atoms with Gasteiger partial charge in [0, 0.05) is 12.3 Å². The summed E-state index contributed by atoms with van der Waals surface area (Å²) in [6.45, 7) is 2.92. The Morgan fingerprint density at radius 3 is 2.45 bits per heavy atom. The molecule has 1 aliphatic rings. The van der Waals surface area contributed by atoms with Crippen molar-refractivity contribution in [3.63, 3.8) is 0 Å². The fourth-order valence-electron chi connectivity index (χ4n) is 2.72. The van der Waals surface area contributed by atoms with Gasteiger partial charge in [-0.15, -0.1) is 0 Å². The second kappa shape index (κ2) is 6.77. The van der Waals surface area contributed by atoms with Gasteiger partial charge in [0.05, 0.1) is 28.2 Å². The SMILES string of the molecule is CC1(C)Oc2cc(NS(C)(=O)=O)ccc2N(c2ncc(C(F)(F)F)cc2Cl)C1=O. The van der Waals surface area contributed by atoms with Crippen LogP contribution in [0.3, 0.4) is 0 Å². The Hall–Kier alpha value is -2.53. The van der Waals surface area contributed by atoms with Crippen LogP contribution in [0.4, 0.5) is 30.4 Å². The first-order valence-corrected chi connectivity index (χ1v) is 10.3. The number of halogens is 4. The zero-order valence-corrected chi connectivity index (χ0v) is 16.9. The first-order valence-electron chi connectivity index (χ1n) is 8.07. The number of benzene rings is 1. The van der Waals surface area contributed by atoms with Gasteiger partial charge in [0.15, 0.2) is 11.4 Å². The number of rotatable bonds is 3. The lowest BCUT2D eigenvalue weighted by Gasteiger charge is -2.38. The van der Waals surface area contributed by atoms with Crippen LogP contribution in [0.15, 0.2) is 30.5 Å². The number of aromatic nitrogens is 1. The second-order valence-electron chi connectivity index (χ2n) is 6.84. The van der Waals surface area contributed by atoms with Gasteiger partial charge in [-0.25, -0.2) is 13.4 Å². The zero-order chi connectivity index (χ0) is 21.8. The van der Waals surface area contributed by atoms with Crippen LogP contribution in [-0.2, 0) is 21.0 Å². The number of nitrogens with zero attached hydrogens (tertiary/aromatic N) is 2. The van der Waals surface area contributed by atoms with Crippen molar-refractivity contribution in [1.82, 2.24) is 4.98 Å². The third kappa shape index (κ3) is 4.25. The van der Waals surface area contributed by atoms with Crippen molar-refractivity contribution in [1.29, 1.82) is 0 Å². The van der Waals surface area contributed by atoms with E-state index in [-0.39, 0.29) is 28.0 Å². The first-order chi connectivity index (χ1) is 13.2. The van der Waals surface area contributed by atoms with E-state index < -0.39 is 33.3 Å². The first kappa shape index (κ1) is 21.2. The minimum atomic E-state index is -4.65. The molecule has 0 atom stereocenters. The van der Waals surface area contributed by atoms with E-state index in [1.54, 1.807) is 0 Å². The highest BCUT2D eigenvalue weighted by Gasteiger charge is 2.43. The molecule has 7 nitrogen and oxygen atoms in total. The van der Waals surface area contributed by atoms with Crippen LogP contribution >= 0.6 is 11.6 Å². The van der Waals surface area contributed by atoms with Crippen molar-refractivity contribution in [2.24, 2.45) is 0 Å². The van der Waals surface area contributed by atoms with E-state index >= 15 is 0 Å². The number of ether oxygens (including phenoxy) is 1. The van der Waals surface area contributed by atoms with E-state index in [0.717, 1.165) is 11.2 Å². The lowest BCUT2D eigenvalue weighted by molar-refractivity contribution is -0.137. The Bertz CT molecular complexity index is 1100. The molecule has 0 radical (unpaired) electrons. The summed E-state index contributed by atoms with van der Waals surface area (Å²) < 4.78 is 69.6. The Morgan fingerprint density at radius 1 is 1.24 bits per heavy atom. The summed E-state index contributed by atoms with van der Waals surface area (Å²) in [5, 5.41) is -0.379. The maximum Gasteiger partial charge on any atom is 0.417 e. The summed E-state index contributed by atoms with van der Waals surface area (Å²) in [6.07, 6.45) is -3.09. The predicted molar refractivity (Wildman–Crippen MR) is 101 cm³/mol. The number of nitrogens with one attached hydrogen (secondary N) is 1. The highest BCUT2D eigenvalue weighted by Crippen LogP contribution is 2.45. The van der Waals surface area contributed by atoms with Gasteiger partial charge in [0.1, 0.15) is 5.75 Å². The monoisotopic (exact) mass is 449 g/mol. The van der Waals surface area contributed by atoms with Gasteiger partial charge in [-0.3, -0.25) is 14.4 Å². The maximum absolute atomic E-state index is 12.9. The summed E-state index contributed by atoms with van der Waals surface area (Å²) >= 11 is 6.02. The molecule has 0 bridgehead atoms. The Kier molecular flexibility index (Phi) is 4.94. The lowest BCUT2D eigenvalue weighted by atomic mass is 10.0. The second-order valence-corrected chi connectivity index (χ2v) is 8.99. The molecule has 0 fully saturated rings. The van der Waals surface area contributed by atoms with Gasteiger partial charge < -0.3 is 4.74 Å². The van der Waals surface area contributed by atoms with Crippen molar-refractivity contribution in [3.05, 3.63) is 41.0 Å². The third-order valence-corrected chi connectivity index (χ3v) is 4.83. The number of hydrogen-bond acceptors (Lipinski definition) is 5. The lowest BCUT2D eigenvalue weighted by Crippen LogP contribution is -2.50. The number of hydrogen-bond donors (Lipinski definition) is 1. The predicted octanol–water partition coefficient (Wildman–Crippen LogP) is 3.96. The van der Waals surface area contributed by atoms with Crippen molar-refractivity contribution >= 4 is 44.7 Å². The van der Waals surface area contributed by atoms with E-state index in [1.807, 2.05) is 0 Å². The molecule has 1 amide bonds. The third-order valence-electron chi connectivity index (χ3n) is 3.95. The summed E-state index contributed by atoms with van der Waals surface area (Å²) in [5.74, 6) is -0.685. The quantitative estimate of drug-likeness (QED) is 0.766. The van der Waals surface area contributed by atoms with E-state index in [9.17, 15) is 26.4 Å². The standard InChI is InChI=1S/C17H15ClF3N3O4S/c1-16(2)15(25)24(14-11(18)6-9(8-22-14)17(19,20)21)12-5-4-10(7-13(12)28-16)23-29(3,26)27/h4-8,23H,1-3H3. The Morgan fingerprint density at radius 2 is 1.90 bits per heavy atom. The fourth-order valence-corrected chi connectivity index (χ4v) is 3.52. The summed E-state index contributed by atoms with van der Waals surface area (Å²) in [6, 6.07) is 4.79. The molecule has 2 aromatic rings. The van der Waals surface area contributed by atoms with E-state index in [1.165, 1.54) is 32.0 Å². The molecule has 0 saturated carbocycles. The fraction of sp³-hybridized carbons (Fsp3) is 0.294. The molecule has 1 aliphatic heterocycles. The molecule has 0 aliphatic carbocycles. The number of sulfonamides is 1. The van der Waals surface area contributed by atoms with Crippen LogP contribution in [0.1, 0.15) is 19.4 Å². The number of fused-ring (bicyclic) bond motifs is 1. The number of carbonyl (C=O) groups excluding carboxylic acids is 1. The number of alkyl halides is 3. The summed E-state index contributed by atoms with van der Waals surface area (Å²) in [7, 11) is -3.56. The van der Waals surface area contributed by atoms with Gasteiger partial charge in [-0.2, -0.15) is 13.2 Å². The molecule has 1 aromatic carbocycles. The normalized spacial score (nSPS) is 16.2. The molecular weight excluding hydrogens is 435 g/mol. The van der Waals surface area contributed by atoms with Crippen LogP contribution in [-0.4, -0.2) is 31.2 Å². The average Bonchev–Trinajstić information content (AvgIpc) is 2.54. The van der Waals surface area contributed by atoms with Crippen molar-refractivity contribution < 1.29 is 31.1 Å². The van der Waals surface area contributed by atoms with Gasteiger partial charge >= 0.3 is 6.18 Å². The molecule has 29 heavy (non-hydrogen) atoms. The topological polar surface area (TPSA) is 88.6 Å². The number of anilines is 3. The van der Waals surface area contributed by atoms with Crippen molar-refractivity contribution in [2.75, 3.05) is 15.9 Å². The van der Waals surface area contributed by atoms with Crippen LogP contribution in [0.25, 0.3) is 0 Å². The number of carbonyl (C=O) groups is 1. The average molecular weight is 450 g/mol. The molecule has 0 spiro atoms. The minimum Gasteiger partial charge on any atom is -0.476 e. The summed E-state index contributed by atoms with van der Waals surface area (Å²) in [5.41, 5.74) is -2.13. The highest BCUT2D eigenvalue weighted by molar-refractivity contribution is 7.92. The van der Waals surface area contributed by atoms with Crippen LogP contribution in [0, 0.1) is 0 Å². The number of pyridine rings is 1. The molecule has 12 heteroatoms. The molecule has 1 aromatic heterocycles. The maximum atomic E-state index is 12.9. The van der Waals surface area contributed by atoms with Crippen LogP contribution < -0.4 is 14.4 Å². The van der Waals surface area contributed by atoms with Crippen molar-refractivity contribution in [3.8, 4) is 5.75 Å². The van der Waals surface area contributed by atoms with Crippen molar-refractivity contribution in [2.45, 2.75) is 25.6 Å². The zero-order valence-electron chi connectivity index (χ0n) is 15.3. The van der Waals surface area contributed by atoms with E-state index in [4.69, 9.17) is 16.3 Å². The smallest absolute Gasteiger partial charge is 0.417 e. The Balaban J connectivity index is 2.14. The molecule has 0 saturated heterocycles.